The van der Waals surface area contributed by atoms with Crippen molar-refractivity contribution in [2.24, 2.45) is 0 Å². The SMILES string of the molecule is CCCCn1cc(CCN2CCNCC2)c2cc(C)c(C)cc21. The van der Waals surface area contributed by atoms with Crippen LogP contribution in [0.3, 0.4) is 0 Å². The molecule has 0 aliphatic carbocycles. The van der Waals surface area contributed by atoms with Gasteiger partial charge in [0.25, 0.3) is 0 Å². The largest absolute Gasteiger partial charge is 0.347 e. The van der Waals surface area contributed by atoms with Gasteiger partial charge in [-0.2, -0.15) is 0 Å². The lowest BCUT2D eigenvalue weighted by Gasteiger charge is -2.26. The molecule has 2 aromatic rings. The van der Waals surface area contributed by atoms with Crippen molar-refractivity contribution < 1.29 is 0 Å². The van der Waals surface area contributed by atoms with E-state index in [4.69, 9.17) is 0 Å². The van der Waals surface area contributed by atoms with E-state index in [1.165, 1.54) is 60.1 Å². The van der Waals surface area contributed by atoms with Gasteiger partial charge in [0.2, 0.25) is 0 Å². The Labute approximate surface area is 140 Å². The van der Waals surface area contributed by atoms with Crippen LogP contribution < -0.4 is 5.32 Å². The molecule has 1 aromatic carbocycles. The topological polar surface area (TPSA) is 20.2 Å². The number of nitrogens with zero attached hydrogens (tertiary/aromatic N) is 2. The molecule has 0 spiro atoms. The first-order valence-electron chi connectivity index (χ1n) is 9.21. The van der Waals surface area contributed by atoms with Gasteiger partial charge >= 0.3 is 0 Å². The quantitative estimate of drug-likeness (QED) is 0.881. The van der Waals surface area contributed by atoms with Crippen LogP contribution >= 0.6 is 0 Å². The zero-order chi connectivity index (χ0) is 16.2. The molecular weight excluding hydrogens is 282 g/mol. The third-order valence-electron chi connectivity index (χ3n) is 5.24. The van der Waals surface area contributed by atoms with E-state index < -0.39 is 0 Å². The van der Waals surface area contributed by atoms with Crippen LogP contribution in [0.15, 0.2) is 18.3 Å². The van der Waals surface area contributed by atoms with Crippen LogP contribution in [0, 0.1) is 13.8 Å². The van der Waals surface area contributed by atoms with Gasteiger partial charge in [-0.3, -0.25) is 0 Å². The van der Waals surface area contributed by atoms with Gasteiger partial charge in [0.05, 0.1) is 0 Å². The smallest absolute Gasteiger partial charge is 0.0486 e. The zero-order valence-electron chi connectivity index (χ0n) is 15.0. The standard InChI is InChI=1S/C20H31N3/c1-4-5-9-23-15-18(6-10-22-11-7-21-8-12-22)19-13-16(2)17(3)14-20(19)23/h13-15,21H,4-12H2,1-3H3. The maximum absolute atomic E-state index is 3.44. The second kappa shape index (κ2) is 7.50. The van der Waals surface area contributed by atoms with Crippen molar-refractivity contribution >= 4 is 10.9 Å². The Morgan fingerprint density at radius 3 is 2.52 bits per heavy atom. The molecule has 3 heteroatoms. The lowest BCUT2D eigenvalue weighted by molar-refractivity contribution is 0.244. The van der Waals surface area contributed by atoms with Crippen molar-refractivity contribution in [1.29, 1.82) is 0 Å². The molecule has 3 rings (SSSR count). The number of benzene rings is 1. The number of hydrogen-bond donors (Lipinski definition) is 1. The highest BCUT2D eigenvalue weighted by molar-refractivity contribution is 5.85. The van der Waals surface area contributed by atoms with Crippen molar-refractivity contribution in [3.63, 3.8) is 0 Å². The minimum atomic E-state index is 1.14. The van der Waals surface area contributed by atoms with Crippen LogP contribution in [-0.4, -0.2) is 42.2 Å². The first kappa shape index (κ1) is 16.5. The number of nitrogens with one attached hydrogen (secondary N) is 1. The lowest BCUT2D eigenvalue weighted by Crippen LogP contribution is -2.44. The van der Waals surface area contributed by atoms with Crippen LogP contribution in [0.4, 0.5) is 0 Å². The minimum absolute atomic E-state index is 1.14. The summed E-state index contributed by atoms with van der Waals surface area (Å²) >= 11 is 0. The van der Waals surface area contributed by atoms with Gasteiger partial charge in [-0.25, -0.2) is 0 Å². The third-order valence-corrected chi connectivity index (χ3v) is 5.24. The molecule has 2 heterocycles. The van der Waals surface area contributed by atoms with E-state index >= 15 is 0 Å². The number of piperazine rings is 1. The summed E-state index contributed by atoms with van der Waals surface area (Å²) in [5.41, 5.74) is 5.77. The molecule has 1 saturated heterocycles. The van der Waals surface area contributed by atoms with Gasteiger partial charge in [0.1, 0.15) is 0 Å². The molecule has 0 saturated carbocycles. The van der Waals surface area contributed by atoms with Gasteiger partial charge in [0.15, 0.2) is 0 Å². The Morgan fingerprint density at radius 2 is 1.78 bits per heavy atom. The molecule has 1 aliphatic heterocycles. The van der Waals surface area contributed by atoms with Crippen LogP contribution in [0.1, 0.15) is 36.5 Å². The van der Waals surface area contributed by atoms with Crippen molar-refractivity contribution in [2.75, 3.05) is 32.7 Å². The Kier molecular flexibility index (Phi) is 5.39. The molecule has 126 valence electrons. The van der Waals surface area contributed by atoms with E-state index in [9.17, 15) is 0 Å². The minimum Gasteiger partial charge on any atom is -0.347 e. The predicted octanol–water partition coefficient (Wildman–Crippen LogP) is 3.51. The number of rotatable bonds is 6. The summed E-state index contributed by atoms with van der Waals surface area (Å²) < 4.78 is 2.48. The first-order valence-corrected chi connectivity index (χ1v) is 9.21. The van der Waals surface area contributed by atoms with E-state index in [1.54, 1.807) is 0 Å². The molecule has 1 N–H and O–H groups in total. The summed E-state index contributed by atoms with van der Waals surface area (Å²) in [5, 5.41) is 4.91. The summed E-state index contributed by atoms with van der Waals surface area (Å²) in [4.78, 5) is 2.59. The molecule has 0 amide bonds. The molecule has 0 radical (unpaired) electrons. The maximum atomic E-state index is 3.44. The molecular formula is C20H31N3. The highest BCUT2D eigenvalue weighted by atomic mass is 15.2. The fourth-order valence-electron chi connectivity index (χ4n) is 3.55. The maximum Gasteiger partial charge on any atom is 0.0486 e. The normalized spacial score (nSPS) is 16.3. The fourth-order valence-corrected chi connectivity index (χ4v) is 3.55. The fraction of sp³-hybridized carbons (Fsp3) is 0.600. The van der Waals surface area contributed by atoms with Gasteiger partial charge < -0.3 is 14.8 Å². The molecule has 23 heavy (non-hydrogen) atoms. The molecule has 0 unspecified atom stereocenters. The second-order valence-electron chi connectivity index (χ2n) is 7.00. The van der Waals surface area contributed by atoms with E-state index in [0.717, 1.165) is 26.1 Å². The number of fused-ring (bicyclic) bond motifs is 1. The van der Waals surface area contributed by atoms with E-state index in [-0.39, 0.29) is 0 Å². The van der Waals surface area contributed by atoms with E-state index in [0.29, 0.717) is 0 Å². The van der Waals surface area contributed by atoms with Crippen molar-refractivity contribution in [3.8, 4) is 0 Å². The highest BCUT2D eigenvalue weighted by Gasteiger charge is 2.13. The third kappa shape index (κ3) is 3.78. The van der Waals surface area contributed by atoms with Crippen LogP contribution in [-0.2, 0) is 13.0 Å². The monoisotopic (exact) mass is 313 g/mol. The molecule has 1 aromatic heterocycles. The summed E-state index contributed by atoms with van der Waals surface area (Å²) in [7, 11) is 0. The van der Waals surface area contributed by atoms with Crippen LogP contribution in [0.5, 0.6) is 0 Å². The van der Waals surface area contributed by atoms with Crippen LogP contribution in [0.25, 0.3) is 10.9 Å². The van der Waals surface area contributed by atoms with Crippen molar-refractivity contribution in [1.82, 2.24) is 14.8 Å². The Morgan fingerprint density at radius 1 is 1.04 bits per heavy atom. The number of aromatic nitrogens is 1. The number of unbranched alkanes of at least 4 members (excludes halogenated alkanes) is 1. The van der Waals surface area contributed by atoms with E-state index in [2.05, 4.69) is 53.9 Å². The Balaban J connectivity index is 1.84. The average molecular weight is 313 g/mol. The number of aryl methyl sites for hydroxylation is 3. The van der Waals surface area contributed by atoms with E-state index in [1.807, 2.05) is 0 Å². The number of hydrogen-bond acceptors (Lipinski definition) is 2. The molecule has 0 atom stereocenters. The first-order chi connectivity index (χ1) is 11.2. The Bertz CT molecular complexity index is 650. The second-order valence-corrected chi connectivity index (χ2v) is 7.00. The van der Waals surface area contributed by atoms with Gasteiger partial charge in [0, 0.05) is 56.4 Å². The van der Waals surface area contributed by atoms with Gasteiger partial charge in [-0.05, 0) is 55.5 Å². The molecule has 0 bridgehead atoms. The summed E-state index contributed by atoms with van der Waals surface area (Å²) in [5.74, 6) is 0. The van der Waals surface area contributed by atoms with Gasteiger partial charge in [-0.15, -0.1) is 0 Å². The predicted molar refractivity (Wildman–Crippen MR) is 99.3 cm³/mol. The van der Waals surface area contributed by atoms with Crippen molar-refractivity contribution in [3.05, 3.63) is 35.0 Å². The van der Waals surface area contributed by atoms with Crippen LogP contribution in [0.2, 0.25) is 0 Å². The Hall–Kier alpha value is -1.32. The zero-order valence-corrected chi connectivity index (χ0v) is 15.0. The van der Waals surface area contributed by atoms with Gasteiger partial charge in [-0.1, -0.05) is 13.3 Å². The lowest BCUT2D eigenvalue weighted by atomic mass is 10.0. The average Bonchev–Trinajstić information content (AvgIpc) is 2.89. The summed E-state index contributed by atoms with van der Waals surface area (Å²) in [6.07, 6.45) is 6.09. The highest BCUT2D eigenvalue weighted by Crippen LogP contribution is 2.26. The van der Waals surface area contributed by atoms with Crippen molar-refractivity contribution in [2.45, 2.75) is 46.6 Å². The molecule has 1 aliphatic rings. The summed E-state index contributed by atoms with van der Waals surface area (Å²) in [6.45, 7) is 13.7. The molecule has 1 fully saturated rings. The molecule has 3 nitrogen and oxygen atoms in total. The summed E-state index contributed by atoms with van der Waals surface area (Å²) in [6, 6.07) is 4.79.